The molecule has 0 aliphatic carbocycles. The first-order chi connectivity index (χ1) is 15.4. The number of hydrogen-bond acceptors (Lipinski definition) is 4. The van der Waals surface area contributed by atoms with E-state index in [0.29, 0.717) is 41.9 Å². The van der Waals surface area contributed by atoms with Crippen molar-refractivity contribution in [2.24, 2.45) is 5.73 Å². The second-order valence-corrected chi connectivity index (χ2v) is 8.17. The summed E-state index contributed by atoms with van der Waals surface area (Å²) >= 11 is 0. The van der Waals surface area contributed by atoms with Gasteiger partial charge in [0.05, 0.1) is 6.04 Å². The van der Waals surface area contributed by atoms with Crippen LogP contribution in [0.1, 0.15) is 26.3 Å². The molecule has 2 heterocycles. The Morgan fingerprint density at radius 2 is 1.81 bits per heavy atom. The number of nitrogens with zero attached hydrogens (tertiary/aromatic N) is 2. The van der Waals surface area contributed by atoms with Gasteiger partial charge < -0.3 is 20.6 Å². The van der Waals surface area contributed by atoms with Crippen LogP contribution in [0.15, 0.2) is 61.2 Å². The lowest BCUT2D eigenvalue weighted by atomic mass is 9.91. The highest BCUT2D eigenvalue weighted by Gasteiger charge is 2.40. The summed E-state index contributed by atoms with van der Waals surface area (Å²) in [7, 11) is 0. The van der Waals surface area contributed by atoms with E-state index in [1.165, 1.54) is 6.08 Å². The van der Waals surface area contributed by atoms with Gasteiger partial charge in [0.25, 0.3) is 5.91 Å². The molecule has 3 N–H and O–H groups in total. The zero-order valence-electron chi connectivity index (χ0n) is 17.2. The normalized spacial score (nSPS) is 15.6. The number of hydrogen-bond donors (Lipinski definition) is 2. The van der Waals surface area contributed by atoms with Gasteiger partial charge in [0.15, 0.2) is 0 Å². The van der Waals surface area contributed by atoms with Crippen molar-refractivity contribution in [3.05, 3.63) is 77.9 Å². The first-order valence-corrected chi connectivity index (χ1v) is 10.3. The van der Waals surface area contributed by atoms with E-state index >= 15 is 0 Å². The van der Waals surface area contributed by atoms with Gasteiger partial charge in [-0.25, -0.2) is 0 Å². The van der Waals surface area contributed by atoms with Crippen LogP contribution in [0.25, 0.3) is 21.9 Å². The number of rotatable bonds is 4. The van der Waals surface area contributed by atoms with Crippen molar-refractivity contribution in [3.63, 3.8) is 0 Å². The lowest BCUT2D eigenvalue weighted by molar-refractivity contribution is -0.132. The number of benzene rings is 3. The molecule has 1 saturated heterocycles. The third kappa shape index (κ3) is 3.01. The average molecular weight is 427 g/mol. The smallest absolute Gasteiger partial charge is 0.254 e. The minimum absolute atomic E-state index is 0.0593. The molecule has 0 bridgehead atoms. The molecule has 0 spiro atoms. The van der Waals surface area contributed by atoms with Crippen LogP contribution in [0.3, 0.4) is 0 Å². The number of carbonyl (C=O) groups excluding carboxylic acids is 3. The molecule has 3 aromatic carbocycles. The quantitative estimate of drug-likeness (QED) is 0.625. The number of nitrogens with two attached hydrogens (primary N) is 1. The molecular formula is C25H21N3O4. The summed E-state index contributed by atoms with van der Waals surface area (Å²) in [5.74, 6) is -0.839. The molecule has 2 aliphatic heterocycles. The lowest BCUT2D eigenvalue weighted by Crippen LogP contribution is -2.60. The van der Waals surface area contributed by atoms with E-state index in [9.17, 15) is 19.5 Å². The zero-order valence-corrected chi connectivity index (χ0v) is 17.2. The molecule has 0 saturated carbocycles. The fourth-order valence-corrected chi connectivity index (χ4v) is 4.59. The van der Waals surface area contributed by atoms with Gasteiger partial charge in [-0.3, -0.25) is 14.4 Å². The summed E-state index contributed by atoms with van der Waals surface area (Å²) in [6.07, 6.45) is 1.27. The minimum Gasteiger partial charge on any atom is -0.508 e. The highest BCUT2D eigenvalue weighted by atomic mass is 16.3. The average Bonchev–Trinajstić information content (AvgIpc) is 3.06. The fraction of sp³-hybridized carbons (Fsp3) is 0.160. The molecule has 7 nitrogen and oxygen atoms in total. The van der Waals surface area contributed by atoms with E-state index in [1.54, 1.807) is 34.1 Å². The topological polar surface area (TPSA) is 104 Å². The molecule has 3 amide bonds. The van der Waals surface area contributed by atoms with Gasteiger partial charge in [-0.05, 0) is 57.8 Å². The standard InChI is InChI=1S/C25H21N3O4/c1-2-23(30)27-12-16(13-27)28-11-15-8-22(24(26)31)21(10-19(15)25(28)32)20-9-17(29)7-14-5-3-4-6-18(14)20/h2-10,16,29H,1,11-13H2,(H2,26,31). The SMILES string of the molecule is C=CC(=O)N1CC(N2Cc3cc(C(N)=O)c(-c4cc(O)cc5ccccc45)cc3C2=O)C1. The number of carbonyl (C=O) groups is 3. The molecule has 3 aromatic rings. The Labute approximate surface area is 184 Å². The molecule has 5 rings (SSSR count). The summed E-state index contributed by atoms with van der Waals surface area (Å²) in [6.45, 7) is 4.76. The van der Waals surface area contributed by atoms with Crippen LogP contribution >= 0.6 is 0 Å². The first-order valence-electron chi connectivity index (χ1n) is 10.3. The van der Waals surface area contributed by atoms with Crippen LogP contribution in [0, 0.1) is 0 Å². The van der Waals surface area contributed by atoms with Crippen LogP contribution in [-0.4, -0.2) is 51.8 Å². The van der Waals surface area contributed by atoms with Gasteiger partial charge in [0, 0.05) is 30.8 Å². The highest BCUT2D eigenvalue weighted by Crippen LogP contribution is 2.38. The van der Waals surface area contributed by atoms with Gasteiger partial charge in [-0.15, -0.1) is 0 Å². The Morgan fingerprint density at radius 3 is 2.53 bits per heavy atom. The van der Waals surface area contributed by atoms with Crippen molar-refractivity contribution in [1.82, 2.24) is 9.80 Å². The van der Waals surface area contributed by atoms with Crippen LogP contribution in [-0.2, 0) is 11.3 Å². The summed E-state index contributed by atoms with van der Waals surface area (Å²) < 4.78 is 0. The van der Waals surface area contributed by atoms with Crippen molar-refractivity contribution < 1.29 is 19.5 Å². The summed E-state index contributed by atoms with van der Waals surface area (Å²) in [5.41, 5.74) is 8.38. The number of amides is 3. The van der Waals surface area contributed by atoms with Crippen molar-refractivity contribution in [3.8, 4) is 16.9 Å². The third-order valence-electron chi connectivity index (χ3n) is 6.27. The van der Waals surface area contributed by atoms with Gasteiger partial charge >= 0.3 is 0 Å². The van der Waals surface area contributed by atoms with E-state index in [4.69, 9.17) is 5.73 Å². The largest absolute Gasteiger partial charge is 0.508 e. The lowest BCUT2D eigenvalue weighted by Gasteiger charge is -2.43. The fourth-order valence-electron chi connectivity index (χ4n) is 4.59. The first kappa shape index (κ1) is 19.8. The molecule has 0 unspecified atom stereocenters. The van der Waals surface area contributed by atoms with Crippen molar-refractivity contribution in [1.29, 1.82) is 0 Å². The Hall–Kier alpha value is -4.13. The predicted octanol–water partition coefficient (Wildman–Crippen LogP) is 2.66. The summed E-state index contributed by atoms with van der Waals surface area (Å²) in [5, 5.41) is 11.9. The highest BCUT2D eigenvalue weighted by molar-refractivity contribution is 6.09. The van der Waals surface area contributed by atoms with Crippen LogP contribution < -0.4 is 5.73 Å². The molecule has 0 aromatic heterocycles. The Morgan fingerprint density at radius 1 is 1.06 bits per heavy atom. The predicted molar refractivity (Wildman–Crippen MR) is 120 cm³/mol. The van der Waals surface area contributed by atoms with Crippen LogP contribution in [0.5, 0.6) is 5.75 Å². The number of phenolic OH excluding ortho intramolecular Hbond substituents is 1. The van der Waals surface area contributed by atoms with Crippen molar-refractivity contribution in [2.45, 2.75) is 12.6 Å². The molecule has 160 valence electrons. The van der Waals surface area contributed by atoms with Crippen molar-refractivity contribution in [2.75, 3.05) is 13.1 Å². The van der Waals surface area contributed by atoms with Gasteiger partial charge in [-0.2, -0.15) is 0 Å². The molecule has 0 atom stereocenters. The van der Waals surface area contributed by atoms with Gasteiger partial charge in [-0.1, -0.05) is 30.8 Å². The molecule has 32 heavy (non-hydrogen) atoms. The molecule has 7 heteroatoms. The maximum absolute atomic E-state index is 13.2. The van der Waals surface area contributed by atoms with E-state index in [0.717, 1.165) is 16.3 Å². The zero-order chi connectivity index (χ0) is 22.6. The number of primary amides is 1. The second-order valence-electron chi connectivity index (χ2n) is 8.17. The Bertz CT molecular complexity index is 1320. The van der Waals surface area contributed by atoms with E-state index in [-0.39, 0.29) is 23.6 Å². The van der Waals surface area contributed by atoms with Gasteiger partial charge in [0.1, 0.15) is 5.75 Å². The maximum atomic E-state index is 13.2. The number of aromatic hydroxyl groups is 1. The van der Waals surface area contributed by atoms with Gasteiger partial charge in [0.2, 0.25) is 11.8 Å². The monoisotopic (exact) mass is 427 g/mol. The van der Waals surface area contributed by atoms with Crippen molar-refractivity contribution >= 4 is 28.5 Å². The summed E-state index contributed by atoms with van der Waals surface area (Å²) in [4.78, 5) is 40.7. The van der Waals surface area contributed by atoms with E-state index in [1.807, 2.05) is 24.3 Å². The molecule has 1 fully saturated rings. The number of phenols is 1. The molecule has 0 radical (unpaired) electrons. The van der Waals surface area contributed by atoms with E-state index < -0.39 is 5.91 Å². The second kappa shape index (κ2) is 7.23. The van der Waals surface area contributed by atoms with Crippen LogP contribution in [0.2, 0.25) is 0 Å². The van der Waals surface area contributed by atoms with Crippen LogP contribution in [0.4, 0.5) is 0 Å². The molecule has 2 aliphatic rings. The minimum atomic E-state index is -0.604. The molecular weight excluding hydrogens is 406 g/mol. The Kier molecular flexibility index (Phi) is 4.48. The maximum Gasteiger partial charge on any atom is 0.254 e. The number of likely N-dealkylation sites (tertiary alicyclic amines) is 1. The summed E-state index contributed by atoms with van der Waals surface area (Å²) in [6, 6.07) is 14.0. The Balaban J connectivity index is 1.57. The third-order valence-corrected chi connectivity index (χ3v) is 6.27. The van der Waals surface area contributed by atoms with E-state index in [2.05, 4.69) is 6.58 Å². The number of fused-ring (bicyclic) bond motifs is 2.